The van der Waals surface area contributed by atoms with E-state index in [0.717, 1.165) is 28.1 Å². The predicted octanol–water partition coefficient (Wildman–Crippen LogP) is 3.58. The van der Waals surface area contributed by atoms with Crippen LogP contribution in [0.15, 0.2) is 36.4 Å². The van der Waals surface area contributed by atoms with Crippen LogP contribution in [0, 0.1) is 6.92 Å². The van der Waals surface area contributed by atoms with E-state index in [1.54, 1.807) is 21.3 Å². The van der Waals surface area contributed by atoms with E-state index in [1.165, 1.54) is 0 Å². The molecule has 3 aromatic rings. The number of nitrogens with one attached hydrogen (secondary N) is 1. The number of aromatic nitrogens is 2. The molecule has 0 bridgehead atoms. The maximum Gasteiger partial charge on any atom is 0.203 e. The lowest BCUT2D eigenvalue weighted by atomic mass is 10.1. The molecule has 0 aliphatic heterocycles. The van der Waals surface area contributed by atoms with Gasteiger partial charge in [0.2, 0.25) is 5.75 Å². The molecule has 130 valence electrons. The Labute approximate surface area is 146 Å². The standard InChI is InChI=1S/C19H21N3O3/c1-12-19(22-15-8-6-5-7-14(15)21-12)20-11-13-9-16(23-2)18(25-4)17(10-13)24-3/h5-10H,11H2,1-4H3,(H,20,22). The highest BCUT2D eigenvalue weighted by atomic mass is 16.5. The van der Waals surface area contributed by atoms with E-state index in [0.29, 0.717) is 23.8 Å². The maximum absolute atomic E-state index is 5.39. The third-order valence-corrected chi connectivity index (χ3v) is 3.93. The van der Waals surface area contributed by atoms with Gasteiger partial charge in [-0.05, 0) is 36.8 Å². The van der Waals surface area contributed by atoms with Crippen molar-refractivity contribution in [1.29, 1.82) is 0 Å². The van der Waals surface area contributed by atoms with E-state index in [4.69, 9.17) is 14.2 Å². The third-order valence-electron chi connectivity index (χ3n) is 3.93. The second kappa shape index (κ2) is 7.25. The Bertz CT molecular complexity index is 871. The fourth-order valence-electron chi connectivity index (χ4n) is 2.68. The van der Waals surface area contributed by atoms with Crippen molar-refractivity contribution in [3.05, 3.63) is 47.7 Å². The van der Waals surface area contributed by atoms with Crippen LogP contribution in [-0.4, -0.2) is 31.3 Å². The number of para-hydroxylation sites is 2. The zero-order valence-electron chi connectivity index (χ0n) is 14.8. The Balaban J connectivity index is 1.87. The molecule has 0 aliphatic rings. The number of aryl methyl sites for hydroxylation is 1. The Hall–Kier alpha value is -3.02. The number of rotatable bonds is 6. The normalized spacial score (nSPS) is 10.6. The first-order chi connectivity index (χ1) is 12.2. The topological polar surface area (TPSA) is 65.5 Å². The van der Waals surface area contributed by atoms with Gasteiger partial charge in [-0.2, -0.15) is 0 Å². The second-order valence-corrected chi connectivity index (χ2v) is 5.53. The largest absolute Gasteiger partial charge is 0.493 e. The van der Waals surface area contributed by atoms with Crippen LogP contribution in [0.1, 0.15) is 11.3 Å². The van der Waals surface area contributed by atoms with E-state index in [1.807, 2.05) is 43.3 Å². The monoisotopic (exact) mass is 339 g/mol. The number of hydrogen-bond donors (Lipinski definition) is 1. The predicted molar refractivity (Wildman–Crippen MR) is 97.7 cm³/mol. The Morgan fingerprint density at radius 3 is 2.04 bits per heavy atom. The fourth-order valence-corrected chi connectivity index (χ4v) is 2.68. The van der Waals surface area contributed by atoms with Gasteiger partial charge in [0.15, 0.2) is 11.5 Å². The van der Waals surface area contributed by atoms with Gasteiger partial charge >= 0.3 is 0 Å². The number of anilines is 1. The molecule has 1 heterocycles. The summed E-state index contributed by atoms with van der Waals surface area (Å²) in [7, 11) is 4.80. The summed E-state index contributed by atoms with van der Waals surface area (Å²) >= 11 is 0. The molecule has 25 heavy (non-hydrogen) atoms. The molecule has 1 N–H and O–H groups in total. The minimum atomic E-state index is 0.560. The SMILES string of the molecule is COc1cc(CNc2nc3ccccc3nc2C)cc(OC)c1OC. The molecule has 3 rings (SSSR count). The van der Waals surface area contributed by atoms with E-state index in [-0.39, 0.29) is 0 Å². The molecule has 0 saturated heterocycles. The number of methoxy groups -OCH3 is 3. The summed E-state index contributed by atoms with van der Waals surface area (Å²) in [6.45, 7) is 2.50. The van der Waals surface area contributed by atoms with E-state index in [2.05, 4.69) is 15.3 Å². The zero-order chi connectivity index (χ0) is 17.8. The molecule has 6 heteroatoms. The first-order valence-electron chi connectivity index (χ1n) is 7.92. The van der Waals surface area contributed by atoms with Gasteiger partial charge in [0.1, 0.15) is 5.82 Å². The van der Waals surface area contributed by atoms with E-state index in [9.17, 15) is 0 Å². The number of benzene rings is 2. The van der Waals surface area contributed by atoms with Crippen LogP contribution in [0.3, 0.4) is 0 Å². The van der Waals surface area contributed by atoms with Crippen LogP contribution in [0.25, 0.3) is 11.0 Å². The molecule has 0 spiro atoms. The molecule has 0 unspecified atom stereocenters. The van der Waals surface area contributed by atoms with Crippen molar-refractivity contribution in [3.8, 4) is 17.2 Å². The Morgan fingerprint density at radius 1 is 0.880 bits per heavy atom. The highest BCUT2D eigenvalue weighted by Gasteiger charge is 2.13. The summed E-state index contributed by atoms with van der Waals surface area (Å²) in [5.41, 5.74) is 3.59. The van der Waals surface area contributed by atoms with Gasteiger partial charge in [-0.3, -0.25) is 0 Å². The van der Waals surface area contributed by atoms with Crippen molar-refractivity contribution in [2.45, 2.75) is 13.5 Å². The molecule has 0 fully saturated rings. The first kappa shape index (κ1) is 16.8. The highest BCUT2D eigenvalue weighted by molar-refractivity contribution is 5.76. The van der Waals surface area contributed by atoms with Crippen molar-refractivity contribution < 1.29 is 14.2 Å². The van der Waals surface area contributed by atoms with Crippen LogP contribution in [0.4, 0.5) is 5.82 Å². The number of fused-ring (bicyclic) bond motifs is 1. The lowest BCUT2D eigenvalue weighted by molar-refractivity contribution is 0.324. The molecule has 0 radical (unpaired) electrons. The van der Waals surface area contributed by atoms with Crippen molar-refractivity contribution in [1.82, 2.24) is 9.97 Å². The molecule has 6 nitrogen and oxygen atoms in total. The van der Waals surface area contributed by atoms with Gasteiger partial charge in [0.05, 0.1) is 38.1 Å². The molecular weight excluding hydrogens is 318 g/mol. The summed E-state index contributed by atoms with van der Waals surface area (Å²) in [5.74, 6) is 2.59. The maximum atomic E-state index is 5.39. The van der Waals surface area contributed by atoms with Crippen molar-refractivity contribution in [2.75, 3.05) is 26.6 Å². The summed E-state index contributed by atoms with van der Waals surface area (Å²) in [6.07, 6.45) is 0. The van der Waals surface area contributed by atoms with Crippen molar-refractivity contribution in [3.63, 3.8) is 0 Å². The van der Waals surface area contributed by atoms with Crippen LogP contribution in [-0.2, 0) is 6.54 Å². The van der Waals surface area contributed by atoms with Crippen LogP contribution in [0.2, 0.25) is 0 Å². The quantitative estimate of drug-likeness (QED) is 0.740. The van der Waals surface area contributed by atoms with Gasteiger partial charge in [-0.1, -0.05) is 12.1 Å². The Kier molecular flexibility index (Phi) is 4.88. The molecule has 0 saturated carbocycles. The molecule has 0 atom stereocenters. The zero-order valence-corrected chi connectivity index (χ0v) is 14.8. The minimum absolute atomic E-state index is 0.560. The van der Waals surface area contributed by atoms with Crippen LogP contribution >= 0.6 is 0 Å². The summed E-state index contributed by atoms with van der Waals surface area (Å²) in [4.78, 5) is 9.24. The third kappa shape index (κ3) is 3.42. The minimum Gasteiger partial charge on any atom is -0.493 e. The number of nitrogens with zero attached hydrogens (tertiary/aromatic N) is 2. The molecule has 0 amide bonds. The fraction of sp³-hybridized carbons (Fsp3) is 0.263. The Morgan fingerprint density at radius 2 is 1.48 bits per heavy atom. The number of hydrogen-bond acceptors (Lipinski definition) is 6. The van der Waals surface area contributed by atoms with Gasteiger partial charge < -0.3 is 19.5 Å². The smallest absolute Gasteiger partial charge is 0.203 e. The lowest BCUT2D eigenvalue weighted by Crippen LogP contribution is -2.06. The summed E-state index contributed by atoms with van der Waals surface area (Å²) < 4.78 is 16.1. The van der Waals surface area contributed by atoms with Gasteiger partial charge in [-0.25, -0.2) is 9.97 Å². The van der Waals surface area contributed by atoms with E-state index < -0.39 is 0 Å². The first-order valence-corrected chi connectivity index (χ1v) is 7.92. The van der Waals surface area contributed by atoms with Gasteiger partial charge in [0.25, 0.3) is 0 Å². The number of ether oxygens (including phenoxy) is 3. The highest BCUT2D eigenvalue weighted by Crippen LogP contribution is 2.38. The van der Waals surface area contributed by atoms with Crippen molar-refractivity contribution in [2.24, 2.45) is 0 Å². The van der Waals surface area contributed by atoms with Gasteiger partial charge in [0, 0.05) is 6.54 Å². The summed E-state index contributed by atoms with van der Waals surface area (Å²) in [5, 5.41) is 3.34. The van der Waals surface area contributed by atoms with Gasteiger partial charge in [-0.15, -0.1) is 0 Å². The molecular formula is C19H21N3O3. The second-order valence-electron chi connectivity index (χ2n) is 5.53. The molecule has 2 aromatic carbocycles. The summed E-state index contributed by atoms with van der Waals surface area (Å²) in [6, 6.07) is 11.6. The van der Waals surface area contributed by atoms with Crippen LogP contribution in [0.5, 0.6) is 17.2 Å². The van der Waals surface area contributed by atoms with E-state index >= 15 is 0 Å². The lowest BCUT2D eigenvalue weighted by Gasteiger charge is -2.15. The average Bonchev–Trinajstić information content (AvgIpc) is 2.65. The molecule has 0 aliphatic carbocycles. The van der Waals surface area contributed by atoms with Crippen LogP contribution < -0.4 is 19.5 Å². The molecule has 1 aromatic heterocycles. The van der Waals surface area contributed by atoms with Crippen molar-refractivity contribution >= 4 is 16.9 Å². The average molecular weight is 339 g/mol.